The van der Waals surface area contributed by atoms with Crippen molar-refractivity contribution in [3.63, 3.8) is 0 Å². The summed E-state index contributed by atoms with van der Waals surface area (Å²) in [6.45, 7) is 9.62. The summed E-state index contributed by atoms with van der Waals surface area (Å²) in [5.74, 6) is 0.0185. The predicted octanol–water partition coefficient (Wildman–Crippen LogP) is 2.47. The van der Waals surface area contributed by atoms with Crippen LogP contribution < -0.4 is 25.2 Å². The second kappa shape index (κ2) is 12.9. The number of fused-ring (bicyclic) bond motifs is 1. The van der Waals surface area contributed by atoms with Crippen LogP contribution in [0.1, 0.15) is 59.8 Å². The molecule has 10 heteroatoms. The van der Waals surface area contributed by atoms with E-state index < -0.39 is 5.60 Å². The molecule has 2 aliphatic heterocycles. The van der Waals surface area contributed by atoms with Crippen LogP contribution in [0, 0.1) is 17.8 Å². The molecule has 4 rings (SSSR count). The number of hydrogen-bond acceptors (Lipinski definition) is 7. The number of benzene rings is 1. The van der Waals surface area contributed by atoms with Crippen LogP contribution in [0.25, 0.3) is 0 Å². The molecule has 40 heavy (non-hydrogen) atoms. The number of methoxy groups -OCH3 is 1. The molecule has 0 bridgehead atoms. The van der Waals surface area contributed by atoms with E-state index in [-0.39, 0.29) is 48.2 Å². The maximum absolute atomic E-state index is 14.0. The number of carbonyl (C=O) groups is 3. The highest BCUT2D eigenvalue weighted by molar-refractivity contribution is 6.03. The van der Waals surface area contributed by atoms with E-state index in [0.717, 1.165) is 18.5 Å². The fourth-order valence-electron chi connectivity index (χ4n) is 5.74. The van der Waals surface area contributed by atoms with Crippen LogP contribution in [-0.2, 0) is 19.1 Å². The van der Waals surface area contributed by atoms with Gasteiger partial charge in [-0.15, -0.1) is 0 Å². The van der Waals surface area contributed by atoms with Crippen molar-refractivity contribution < 1.29 is 29.0 Å². The Morgan fingerprint density at radius 2 is 1.98 bits per heavy atom. The van der Waals surface area contributed by atoms with E-state index in [9.17, 15) is 19.5 Å². The minimum atomic E-state index is -1.02. The number of ether oxygens (including phenoxy) is 2. The largest absolute Gasteiger partial charge is 0.476 e. The van der Waals surface area contributed by atoms with Gasteiger partial charge in [0, 0.05) is 51.1 Å². The van der Waals surface area contributed by atoms with Crippen LogP contribution in [0.15, 0.2) is 18.2 Å². The Morgan fingerprint density at radius 1 is 1.25 bits per heavy atom. The number of piperidine rings is 1. The number of amides is 3. The SMILES string of the molecule is COCCCN1C(=O)C(C)(C)Oc2cc(N(C(=O)[C@H]3CNC[C@@H](C(=O)NC(CO)CC(C)C)C3)C3CC3)ccc21. The lowest BCUT2D eigenvalue weighted by Crippen LogP contribution is -2.53. The molecule has 3 atom stereocenters. The summed E-state index contributed by atoms with van der Waals surface area (Å²) in [5, 5.41) is 16.0. The van der Waals surface area contributed by atoms with Gasteiger partial charge in [0.1, 0.15) is 5.75 Å². The molecule has 0 radical (unpaired) electrons. The van der Waals surface area contributed by atoms with Crippen molar-refractivity contribution in [3.05, 3.63) is 18.2 Å². The van der Waals surface area contributed by atoms with Gasteiger partial charge < -0.3 is 35.0 Å². The Bertz CT molecular complexity index is 1070. The first-order valence-electron chi connectivity index (χ1n) is 14.6. The third kappa shape index (κ3) is 6.95. The van der Waals surface area contributed by atoms with Crippen LogP contribution >= 0.6 is 0 Å². The van der Waals surface area contributed by atoms with Gasteiger partial charge in [0.15, 0.2) is 5.60 Å². The maximum Gasteiger partial charge on any atom is 0.270 e. The third-order valence-electron chi connectivity index (χ3n) is 7.91. The van der Waals surface area contributed by atoms with Crippen LogP contribution in [0.3, 0.4) is 0 Å². The number of hydrogen-bond donors (Lipinski definition) is 3. The topological polar surface area (TPSA) is 120 Å². The Hall–Kier alpha value is -2.69. The maximum atomic E-state index is 14.0. The smallest absolute Gasteiger partial charge is 0.270 e. The summed E-state index contributed by atoms with van der Waals surface area (Å²) in [7, 11) is 1.64. The number of nitrogens with zero attached hydrogens (tertiary/aromatic N) is 2. The summed E-state index contributed by atoms with van der Waals surface area (Å²) in [4.78, 5) is 43.7. The van der Waals surface area contributed by atoms with Crippen LogP contribution in [0.2, 0.25) is 0 Å². The first-order valence-corrected chi connectivity index (χ1v) is 14.6. The number of nitrogens with one attached hydrogen (secondary N) is 2. The van der Waals surface area contributed by atoms with Crippen molar-refractivity contribution in [2.75, 3.05) is 49.8 Å². The molecule has 1 saturated carbocycles. The zero-order chi connectivity index (χ0) is 29.0. The minimum Gasteiger partial charge on any atom is -0.476 e. The Morgan fingerprint density at radius 3 is 2.62 bits per heavy atom. The fourth-order valence-corrected chi connectivity index (χ4v) is 5.74. The standard InChI is InChI=1S/C30H46N4O6/c1-19(2)13-22(18-35)32-27(36)20-14-21(17-31-16-20)28(37)34(23-7-8-23)24-9-10-25-26(15-24)40-30(3,4)29(38)33(25)11-6-12-39-5/h9-10,15,19-23,31,35H,6-8,11-14,16-18H2,1-5H3,(H,32,36)/t20-,21+,22?/m0/s1. The van der Waals surface area contributed by atoms with E-state index in [1.807, 2.05) is 23.1 Å². The van der Waals surface area contributed by atoms with E-state index in [0.29, 0.717) is 62.9 Å². The summed E-state index contributed by atoms with van der Waals surface area (Å²) in [6, 6.07) is 5.46. The molecular formula is C30H46N4O6. The first kappa shape index (κ1) is 30.3. The van der Waals surface area contributed by atoms with Crippen LogP contribution in [-0.4, -0.2) is 80.5 Å². The zero-order valence-corrected chi connectivity index (χ0v) is 24.6. The summed E-state index contributed by atoms with van der Waals surface area (Å²) < 4.78 is 11.3. The minimum absolute atomic E-state index is 0.00330. The van der Waals surface area contributed by atoms with Gasteiger partial charge in [0.2, 0.25) is 11.8 Å². The highest BCUT2D eigenvalue weighted by Crippen LogP contribution is 2.43. The van der Waals surface area contributed by atoms with Crippen molar-refractivity contribution in [2.45, 2.75) is 77.5 Å². The molecule has 1 unspecified atom stereocenters. The van der Waals surface area contributed by atoms with Gasteiger partial charge in [-0.25, -0.2) is 0 Å². The molecule has 3 amide bonds. The number of aliphatic hydroxyl groups excluding tert-OH is 1. The second-order valence-electron chi connectivity index (χ2n) is 12.3. The average molecular weight is 559 g/mol. The summed E-state index contributed by atoms with van der Waals surface area (Å²) >= 11 is 0. The highest BCUT2D eigenvalue weighted by Gasteiger charge is 2.43. The van der Waals surface area contributed by atoms with Gasteiger partial charge in [0.25, 0.3) is 5.91 Å². The summed E-state index contributed by atoms with van der Waals surface area (Å²) in [5.41, 5.74) is 0.420. The van der Waals surface area contributed by atoms with Crippen molar-refractivity contribution in [1.29, 1.82) is 0 Å². The van der Waals surface area contributed by atoms with Gasteiger partial charge in [-0.1, -0.05) is 13.8 Å². The number of aliphatic hydroxyl groups is 1. The molecular weight excluding hydrogens is 512 g/mol. The molecule has 3 N–H and O–H groups in total. The van der Waals surface area contributed by atoms with Gasteiger partial charge in [-0.2, -0.15) is 0 Å². The molecule has 10 nitrogen and oxygen atoms in total. The molecule has 3 aliphatic rings. The van der Waals surface area contributed by atoms with E-state index in [1.54, 1.807) is 25.9 Å². The molecule has 2 heterocycles. The Kier molecular flexibility index (Phi) is 9.74. The lowest BCUT2D eigenvalue weighted by Gasteiger charge is -2.39. The number of anilines is 2. The van der Waals surface area contributed by atoms with E-state index >= 15 is 0 Å². The molecule has 2 fully saturated rings. The van der Waals surface area contributed by atoms with Gasteiger partial charge in [-0.3, -0.25) is 14.4 Å². The normalized spacial score (nSPS) is 22.9. The first-order chi connectivity index (χ1) is 19.1. The lowest BCUT2D eigenvalue weighted by atomic mass is 9.88. The van der Waals surface area contributed by atoms with Crippen LogP contribution in [0.4, 0.5) is 11.4 Å². The second-order valence-corrected chi connectivity index (χ2v) is 12.3. The fraction of sp³-hybridized carbons (Fsp3) is 0.700. The van der Waals surface area contributed by atoms with Crippen LogP contribution in [0.5, 0.6) is 5.75 Å². The van der Waals surface area contributed by atoms with Crippen molar-refractivity contribution in [1.82, 2.24) is 10.6 Å². The number of rotatable bonds is 12. The molecule has 1 saturated heterocycles. The van der Waals surface area contributed by atoms with Crippen molar-refractivity contribution in [3.8, 4) is 5.75 Å². The zero-order valence-electron chi connectivity index (χ0n) is 24.6. The Balaban J connectivity index is 1.51. The van der Waals surface area contributed by atoms with Crippen molar-refractivity contribution in [2.24, 2.45) is 17.8 Å². The van der Waals surface area contributed by atoms with Gasteiger partial charge >= 0.3 is 0 Å². The Labute approximate surface area is 237 Å². The van der Waals surface area contributed by atoms with E-state index in [2.05, 4.69) is 24.5 Å². The lowest BCUT2D eigenvalue weighted by molar-refractivity contribution is -0.133. The van der Waals surface area contributed by atoms with Gasteiger partial charge in [-0.05, 0) is 64.0 Å². The molecule has 222 valence electrons. The summed E-state index contributed by atoms with van der Waals surface area (Å²) in [6.07, 6.45) is 3.71. The predicted molar refractivity (Wildman–Crippen MR) is 153 cm³/mol. The molecule has 0 aromatic heterocycles. The quantitative estimate of drug-likeness (QED) is 0.337. The molecule has 0 spiro atoms. The number of carbonyl (C=O) groups excluding carboxylic acids is 3. The molecule has 1 aromatic rings. The average Bonchev–Trinajstić information content (AvgIpc) is 3.75. The molecule has 1 aromatic carbocycles. The molecule has 1 aliphatic carbocycles. The highest BCUT2D eigenvalue weighted by atomic mass is 16.5. The monoisotopic (exact) mass is 558 g/mol. The van der Waals surface area contributed by atoms with E-state index in [1.165, 1.54) is 0 Å². The van der Waals surface area contributed by atoms with Gasteiger partial charge in [0.05, 0.1) is 30.2 Å². The van der Waals surface area contributed by atoms with E-state index in [4.69, 9.17) is 9.47 Å². The third-order valence-corrected chi connectivity index (χ3v) is 7.91. The van der Waals surface area contributed by atoms with Crippen molar-refractivity contribution >= 4 is 29.1 Å².